The average Bonchev–Trinajstić information content (AvgIpc) is 2.50. The summed E-state index contributed by atoms with van der Waals surface area (Å²) >= 11 is 0.629. The van der Waals surface area contributed by atoms with E-state index in [1.54, 1.807) is 41.5 Å². The van der Waals surface area contributed by atoms with Gasteiger partial charge in [-0.05, 0) is 17.8 Å². The van der Waals surface area contributed by atoms with Crippen LogP contribution in [0.3, 0.4) is 0 Å². The first-order valence-corrected chi connectivity index (χ1v) is 8.87. The van der Waals surface area contributed by atoms with E-state index in [4.69, 9.17) is 0 Å². The minimum absolute atomic E-state index is 0.117. The molecule has 0 aromatic heterocycles. The summed E-state index contributed by atoms with van der Waals surface area (Å²) in [5.74, 6) is -4.56. The number of amides is 2. The van der Waals surface area contributed by atoms with E-state index in [0.29, 0.717) is 17.8 Å². The third-order valence-electron chi connectivity index (χ3n) is 3.35. The topological polar surface area (TPSA) is 54.5 Å². The predicted octanol–water partition coefficient (Wildman–Crippen LogP) is 4.41. The maximum atomic E-state index is 14.3. The molecular weight excluding hydrogens is 348 g/mol. The number of hydrogen-bond acceptors (Lipinski definition) is 4. The average molecular weight is 371 g/mol. The van der Waals surface area contributed by atoms with Crippen LogP contribution >= 0.6 is 11.8 Å². The van der Waals surface area contributed by atoms with Crippen LogP contribution in [0.4, 0.5) is 14.5 Å². The maximum absolute atomic E-state index is 14.3. The highest BCUT2D eigenvalue weighted by molar-refractivity contribution is 8.13. The number of rotatable bonds is 5. The van der Waals surface area contributed by atoms with Gasteiger partial charge in [-0.2, -0.15) is 0 Å². The molecule has 0 N–H and O–H groups in total. The van der Waals surface area contributed by atoms with Crippen LogP contribution in [0, 0.1) is 29.4 Å². The first-order valence-electron chi connectivity index (χ1n) is 8.05. The first kappa shape index (κ1) is 21.3. The van der Waals surface area contributed by atoms with Gasteiger partial charge in [0, 0.05) is 23.8 Å². The number of hydrogen-bond donors (Lipinski definition) is 0. The summed E-state index contributed by atoms with van der Waals surface area (Å²) in [6, 6.07) is 1.65. The van der Waals surface area contributed by atoms with E-state index in [-0.39, 0.29) is 21.6 Å². The van der Waals surface area contributed by atoms with E-state index in [0.717, 1.165) is 11.0 Å². The molecule has 1 aromatic carbocycles. The fourth-order valence-corrected chi connectivity index (χ4v) is 2.64. The summed E-state index contributed by atoms with van der Waals surface area (Å²) in [4.78, 5) is 37.4. The molecular formula is C18H23F2NO3S. The largest absolute Gasteiger partial charge is 0.287 e. The minimum Gasteiger partial charge on any atom is -0.287 e. The lowest BCUT2D eigenvalue weighted by molar-refractivity contribution is -0.129. The third-order valence-corrected chi connectivity index (χ3v) is 4.56. The van der Waals surface area contributed by atoms with Crippen molar-refractivity contribution in [2.24, 2.45) is 17.8 Å². The molecule has 7 heteroatoms. The number of benzene rings is 1. The number of thioether (sulfide) groups is 1. The van der Waals surface area contributed by atoms with Crippen molar-refractivity contribution in [1.29, 1.82) is 0 Å². The molecule has 0 saturated heterocycles. The van der Waals surface area contributed by atoms with Gasteiger partial charge in [0.05, 0.1) is 10.6 Å². The zero-order valence-electron chi connectivity index (χ0n) is 15.2. The highest BCUT2D eigenvalue weighted by Crippen LogP contribution is 2.32. The van der Waals surface area contributed by atoms with Crippen molar-refractivity contribution in [2.75, 3.05) is 4.90 Å². The molecule has 0 saturated carbocycles. The molecule has 138 valence electrons. The fourth-order valence-electron chi connectivity index (χ4n) is 1.86. The van der Waals surface area contributed by atoms with Crippen molar-refractivity contribution in [2.45, 2.75) is 46.4 Å². The van der Waals surface area contributed by atoms with E-state index >= 15 is 0 Å². The lowest BCUT2D eigenvalue weighted by Crippen LogP contribution is -2.42. The van der Waals surface area contributed by atoms with Gasteiger partial charge in [0.2, 0.25) is 11.8 Å². The summed E-state index contributed by atoms with van der Waals surface area (Å²) in [7, 11) is 0. The first-order chi connectivity index (χ1) is 11.5. The Bertz CT molecular complexity index is 667. The second kappa shape index (κ2) is 8.56. The Morgan fingerprint density at radius 3 is 1.72 bits per heavy atom. The molecule has 0 unspecified atom stereocenters. The normalized spacial score (nSPS) is 11.3. The summed E-state index contributed by atoms with van der Waals surface area (Å²) in [6.45, 7) is 9.67. The number of anilines is 1. The van der Waals surface area contributed by atoms with Crippen molar-refractivity contribution in [1.82, 2.24) is 0 Å². The molecule has 0 fully saturated rings. The van der Waals surface area contributed by atoms with Gasteiger partial charge in [-0.25, -0.2) is 13.7 Å². The van der Waals surface area contributed by atoms with Crippen LogP contribution in [0.5, 0.6) is 0 Å². The van der Waals surface area contributed by atoms with Gasteiger partial charge in [-0.3, -0.25) is 14.4 Å². The number of carbonyl (C=O) groups is 3. The number of imide groups is 1. The van der Waals surface area contributed by atoms with Gasteiger partial charge in [0.15, 0.2) is 5.12 Å². The van der Waals surface area contributed by atoms with Crippen LogP contribution in [-0.4, -0.2) is 16.9 Å². The van der Waals surface area contributed by atoms with Crippen LogP contribution in [0.15, 0.2) is 17.0 Å². The molecule has 1 aromatic rings. The van der Waals surface area contributed by atoms with E-state index in [1.165, 1.54) is 0 Å². The Hall–Kier alpha value is -1.76. The fraction of sp³-hybridized carbons (Fsp3) is 0.500. The predicted molar refractivity (Wildman–Crippen MR) is 94.2 cm³/mol. The number of carbonyl (C=O) groups excluding carboxylic acids is 3. The van der Waals surface area contributed by atoms with Crippen molar-refractivity contribution in [3.63, 3.8) is 0 Å². The van der Waals surface area contributed by atoms with E-state index < -0.39 is 35.3 Å². The van der Waals surface area contributed by atoms with Gasteiger partial charge in [0.25, 0.3) is 0 Å². The van der Waals surface area contributed by atoms with Crippen molar-refractivity contribution >= 4 is 34.4 Å². The second-order valence-corrected chi connectivity index (χ2v) is 7.68. The second-order valence-electron chi connectivity index (χ2n) is 6.63. The van der Waals surface area contributed by atoms with Gasteiger partial charge < -0.3 is 0 Å². The number of nitrogens with zero attached hydrogens (tertiary/aromatic N) is 1. The molecule has 4 nitrogen and oxygen atoms in total. The molecule has 0 radical (unpaired) electrons. The van der Waals surface area contributed by atoms with Gasteiger partial charge in [-0.1, -0.05) is 41.5 Å². The highest BCUT2D eigenvalue weighted by Gasteiger charge is 2.31. The lowest BCUT2D eigenvalue weighted by atomic mass is 10.1. The summed E-state index contributed by atoms with van der Waals surface area (Å²) in [5.41, 5.74) is -0.335. The van der Waals surface area contributed by atoms with E-state index in [1.807, 2.05) is 0 Å². The summed E-state index contributed by atoms with van der Waals surface area (Å²) in [5, 5.41) is -0.298. The molecule has 0 heterocycles. The van der Waals surface area contributed by atoms with Gasteiger partial charge in [0.1, 0.15) is 11.6 Å². The minimum atomic E-state index is -1.03. The Morgan fingerprint density at radius 2 is 1.32 bits per heavy atom. The van der Waals surface area contributed by atoms with E-state index in [9.17, 15) is 23.2 Å². The molecule has 0 aliphatic rings. The van der Waals surface area contributed by atoms with Gasteiger partial charge in [-0.15, -0.1) is 0 Å². The SMILES string of the molecule is CC(C)C(=O)Sc1cc(N(C(=O)C(C)C)C(=O)C(C)C)c(F)cc1F. The highest BCUT2D eigenvalue weighted by atomic mass is 32.2. The Morgan fingerprint density at radius 1 is 0.840 bits per heavy atom. The maximum Gasteiger partial charge on any atom is 0.236 e. The Labute approximate surface area is 151 Å². The van der Waals surface area contributed by atoms with Crippen LogP contribution in [0.25, 0.3) is 0 Å². The third kappa shape index (κ3) is 5.11. The quantitative estimate of drug-likeness (QED) is 0.720. The Balaban J connectivity index is 3.46. The Kier molecular flexibility index (Phi) is 7.29. The molecule has 2 amide bonds. The van der Waals surface area contributed by atoms with Gasteiger partial charge >= 0.3 is 0 Å². The smallest absolute Gasteiger partial charge is 0.236 e. The van der Waals surface area contributed by atoms with Crippen LogP contribution in [-0.2, 0) is 14.4 Å². The molecule has 0 atom stereocenters. The molecule has 0 aliphatic carbocycles. The van der Waals surface area contributed by atoms with Crippen molar-refractivity contribution in [3.05, 3.63) is 23.8 Å². The summed E-state index contributed by atoms with van der Waals surface area (Å²) in [6.07, 6.45) is 0. The molecule has 1 rings (SSSR count). The lowest BCUT2D eigenvalue weighted by Gasteiger charge is -2.25. The van der Waals surface area contributed by atoms with E-state index in [2.05, 4.69) is 0 Å². The van der Waals surface area contributed by atoms with Crippen LogP contribution in [0.2, 0.25) is 0 Å². The summed E-state index contributed by atoms with van der Waals surface area (Å²) < 4.78 is 28.4. The molecule has 0 bridgehead atoms. The standard InChI is InChI=1S/C18H23F2NO3S/c1-9(2)16(22)21(17(23)10(3)4)14-8-15(13(20)7-12(14)19)25-18(24)11(5)6/h7-11H,1-6H3. The van der Waals surface area contributed by atoms with Crippen molar-refractivity contribution in [3.8, 4) is 0 Å². The van der Waals surface area contributed by atoms with Crippen molar-refractivity contribution < 1.29 is 23.2 Å². The number of halogens is 2. The monoisotopic (exact) mass is 371 g/mol. The molecule has 0 aliphatic heterocycles. The zero-order valence-corrected chi connectivity index (χ0v) is 16.0. The molecule has 25 heavy (non-hydrogen) atoms. The zero-order chi connectivity index (χ0) is 19.5. The molecule has 0 spiro atoms. The van der Waals surface area contributed by atoms with Crippen LogP contribution in [0.1, 0.15) is 41.5 Å². The van der Waals surface area contributed by atoms with Crippen LogP contribution < -0.4 is 4.90 Å².